The molecule has 0 heterocycles. The van der Waals surface area contributed by atoms with Gasteiger partial charge in [-0.05, 0) is 18.6 Å². The van der Waals surface area contributed by atoms with Crippen LogP contribution in [0.2, 0.25) is 0 Å². The Bertz CT molecular complexity index is 427. The molecule has 0 atom stereocenters. The highest BCUT2D eigenvalue weighted by Gasteiger charge is 2.11. The van der Waals surface area contributed by atoms with E-state index in [4.69, 9.17) is 0 Å². The van der Waals surface area contributed by atoms with Gasteiger partial charge in [-0.1, -0.05) is 35.7 Å². The average molecular weight is 319 g/mol. The molecular formula is C12H16BrFN2O2. The summed E-state index contributed by atoms with van der Waals surface area (Å²) in [6.45, 7) is 2.62. The Morgan fingerprint density at radius 2 is 2.17 bits per heavy atom. The molecule has 0 bridgehead atoms. The molecule has 0 radical (unpaired) electrons. The Hall–Kier alpha value is -1.30. The summed E-state index contributed by atoms with van der Waals surface area (Å²) in [6, 6.07) is 2.10. The van der Waals surface area contributed by atoms with E-state index in [0.717, 1.165) is 25.3 Å². The zero-order valence-electron chi connectivity index (χ0n) is 10.1. The molecule has 1 aromatic carbocycles. The van der Waals surface area contributed by atoms with Crippen LogP contribution in [0.3, 0.4) is 0 Å². The number of amides is 2. The SMILES string of the molecule is CCCCCNC(=O)Nc1cc(Br)cc(F)c1O. The van der Waals surface area contributed by atoms with Crippen LogP contribution < -0.4 is 10.6 Å². The van der Waals surface area contributed by atoms with Crippen LogP contribution in [0, 0.1) is 5.82 Å². The van der Waals surface area contributed by atoms with Crippen LogP contribution in [0.5, 0.6) is 5.75 Å². The predicted octanol–water partition coefficient (Wildman–Crippen LogP) is 3.61. The van der Waals surface area contributed by atoms with E-state index in [1.165, 1.54) is 6.07 Å². The van der Waals surface area contributed by atoms with Gasteiger partial charge in [0, 0.05) is 11.0 Å². The van der Waals surface area contributed by atoms with E-state index in [9.17, 15) is 14.3 Å². The van der Waals surface area contributed by atoms with E-state index in [1.807, 2.05) is 0 Å². The van der Waals surface area contributed by atoms with Crippen molar-refractivity contribution in [3.63, 3.8) is 0 Å². The summed E-state index contributed by atoms with van der Waals surface area (Å²) in [5.74, 6) is -1.35. The van der Waals surface area contributed by atoms with Crippen molar-refractivity contribution in [3.05, 3.63) is 22.4 Å². The maximum absolute atomic E-state index is 13.2. The molecule has 1 aromatic rings. The molecule has 18 heavy (non-hydrogen) atoms. The Balaban J connectivity index is 2.54. The minimum Gasteiger partial charge on any atom is -0.503 e. The first kappa shape index (κ1) is 14.8. The van der Waals surface area contributed by atoms with Crippen LogP contribution in [0.4, 0.5) is 14.9 Å². The van der Waals surface area contributed by atoms with Gasteiger partial charge >= 0.3 is 6.03 Å². The highest BCUT2D eigenvalue weighted by atomic mass is 79.9. The lowest BCUT2D eigenvalue weighted by molar-refractivity contribution is 0.251. The summed E-state index contributed by atoms with van der Waals surface area (Å²) in [7, 11) is 0. The number of hydrogen-bond donors (Lipinski definition) is 3. The molecule has 0 aliphatic rings. The van der Waals surface area contributed by atoms with Crippen molar-refractivity contribution in [2.45, 2.75) is 26.2 Å². The van der Waals surface area contributed by atoms with E-state index in [-0.39, 0.29) is 5.69 Å². The van der Waals surface area contributed by atoms with Crippen molar-refractivity contribution in [2.75, 3.05) is 11.9 Å². The molecule has 1 rings (SSSR count). The van der Waals surface area contributed by atoms with Gasteiger partial charge in [0.05, 0.1) is 5.69 Å². The second kappa shape index (κ2) is 7.20. The van der Waals surface area contributed by atoms with Crippen LogP contribution in [0.1, 0.15) is 26.2 Å². The molecule has 0 saturated carbocycles. The molecule has 0 aromatic heterocycles. The number of phenolic OH excluding ortho intramolecular Hbond substituents is 1. The van der Waals surface area contributed by atoms with Gasteiger partial charge in [-0.15, -0.1) is 0 Å². The number of halogens is 2. The normalized spacial score (nSPS) is 10.2. The Labute approximate surface area is 114 Å². The zero-order valence-corrected chi connectivity index (χ0v) is 11.7. The van der Waals surface area contributed by atoms with E-state index in [2.05, 4.69) is 33.5 Å². The fourth-order valence-corrected chi connectivity index (χ4v) is 1.83. The summed E-state index contributed by atoms with van der Waals surface area (Å²) < 4.78 is 13.6. The van der Waals surface area contributed by atoms with Crippen molar-refractivity contribution < 1.29 is 14.3 Å². The first-order chi connectivity index (χ1) is 8.54. The van der Waals surface area contributed by atoms with Gasteiger partial charge in [0.25, 0.3) is 0 Å². The van der Waals surface area contributed by atoms with Crippen LogP contribution in [-0.2, 0) is 0 Å². The minimum absolute atomic E-state index is 0.0369. The van der Waals surface area contributed by atoms with E-state index >= 15 is 0 Å². The molecule has 0 spiro atoms. The van der Waals surface area contributed by atoms with Gasteiger partial charge in [-0.3, -0.25) is 0 Å². The minimum atomic E-state index is -0.786. The van der Waals surface area contributed by atoms with Gasteiger partial charge in [0.2, 0.25) is 0 Å². The number of urea groups is 1. The number of benzene rings is 1. The van der Waals surface area contributed by atoms with Crippen LogP contribution >= 0.6 is 15.9 Å². The van der Waals surface area contributed by atoms with Crippen molar-refractivity contribution in [2.24, 2.45) is 0 Å². The maximum atomic E-state index is 13.2. The number of hydrogen-bond acceptors (Lipinski definition) is 2. The molecule has 4 nitrogen and oxygen atoms in total. The second-order valence-electron chi connectivity index (χ2n) is 3.87. The molecule has 0 aliphatic heterocycles. The molecule has 2 amide bonds. The zero-order chi connectivity index (χ0) is 13.5. The number of phenols is 1. The van der Waals surface area contributed by atoms with Crippen molar-refractivity contribution in [1.82, 2.24) is 5.32 Å². The van der Waals surface area contributed by atoms with Crippen LogP contribution in [0.15, 0.2) is 16.6 Å². The van der Waals surface area contributed by atoms with Crippen molar-refractivity contribution >= 4 is 27.6 Å². The third-order valence-corrected chi connectivity index (χ3v) is 2.80. The monoisotopic (exact) mass is 318 g/mol. The lowest BCUT2D eigenvalue weighted by Crippen LogP contribution is -2.29. The summed E-state index contributed by atoms with van der Waals surface area (Å²) in [6.07, 6.45) is 3.00. The summed E-state index contributed by atoms with van der Waals surface area (Å²) in [5, 5.41) is 14.5. The van der Waals surface area contributed by atoms with E-state index < -0.39 is 17.6 Å². The molecular weight excluding hydrogens is 303 g/mol. The van der Waals surface area contributed by atoms with Gasteiger partial charge in [0.15, 0.2) is 11.6 Å². The molecule has 100 valence electrons. The quantitative estimate of drug-likeness (QED) is 0.573. The number of nitrogens with one attached hydrogen (secondary N) is 2. The lowest BCUT2D eigenvalue weighted by atomic mass is 10.2. The van der Waals surface area contributed by atoms with Gasteiger partial charge < -0.3 is 15.7 Å². The number of aromatic hydroxyl groups is 1. The third-order valence-electron chi connectivity index (χ3n) is 2.34. The average Bonchev–Trinajstić information content (AvgIpc) is 2.31. The fraction of sp³-hybridized carbons (Fsp3) is 0.417. The number of unbranched alkanes of at least 4 members (excludes halogenated alkanes) is 2. The standard InChI is InChI=1S/C12H16BrFN2O2/c1-2-3-4-5-15-12(18)16-10-7-8(13)6-9(14)11(10)17/h6-7,17H,2-5H2,1H3,(H2,15,16,18). The van der Waals surface area contributed by atoms with Crippen LogP contribution in [-0.4, -0.2) is 17.7 Å². The highest BCUT2D eigenvalue weighted by molar-refractivity contribution is 9.10. The second-order valence-corrected chi connectivity index (χ2v) is 4.79. The molecule has 0 saturated heterocycles. The third kappa shape index (κ3) is 4.52. The molecule has 6 heteroatoms. The first-order valence-corrected chi connectivity index (χ1v) is 6.56. The Morgan fingerprint density at radius 1 is 1.44 bits per heavy atom. The molecule has 0 aliphatic carbocycles. The number of carbonyl (C=O) groups is 1. The van der Waals surface area contributed by atoms with Crippen molar-refractivity contribution in [3.8, 4) is 5.75 Å². The van der Waals surface area contributed by atoms with E-state index in [0.29, 0.717) is 11.0 Å². The summed E-state index contributed by atoms with van der Waals surface area (Å²) in [5.41, 5.74) is 0.0369. The summed E-state index contributed by atoms with van der Waals surface area (Å²) >= 11 is 3.09. The van der Waals surface area contributed by atoms with Crippen LogP contribution in [0.25, 0.3) is 0 Å². The number of carbonyl (C=O) groups excluding carboxylic acids is 1. The molecule has 0 unspecified atom stereocenters. The van der Waals surface area contributed by atoms with Gasteiger partial charge in [0.1, 0.15) is 0 Å². The van der Waals surface area contributed by atoms with Gasteiger partial charge in [-0.2, -0.15) is 0 Å². The highest BCUT2D eigenvalue weighted by Crippen LogP contribution is 2.30. The Kier molecular flexibility index (Phi) is 5.91. The Morgan fingerprint density at radius 3 is 2.83 bits per heavy atom. The molecule has 3 N–H and O–H groups in total. The smallest absolute Gasteiger partial charge is 0.319 e. The maximum Gasteiger partial charge on any atom is 0.319 e. The first-order valence-electron chi connectivity index (χ1n) is 5.77. The predicted molar refractivity (Wildman–Crippen MR) is 72.3 cm³/mol. The lowest BCUT2D eigenvalue weighted by Gasteiger charge is -2.09. The largest absolute Gasteiger partial charge is 0.503 e. The van der Waals surface area contributed by atoms with E-state index in [1.54, 1.807) is 0 Å². The number of rotatable bonds is 5. The molecule has 0 fully saturated rings. The summed E-state index contributed by atoms with van der Waals surface area (Å²) in [4.78, 5) is 11.5. The van der Waals surface area contributed by atoms with Gasteiger partial charge in [-0.25, -0.2) is 9.18 Å². The fourth-order valence-electron chi connectivity index (χ4n) is 1.40. The number of anilines is 1. The topological polar surface area (TPSA) is 61.4 Å². The van der Waals surface area contributed by atoms with Crippen molar-refractivity contribution in [1.29, 1.82) is 0 Å².